The summed E-state index contributed by atoms with van der Waals surface area (Å²) in [6, 6.07) is 12.8. The van der Waals surface area contributed by atoms with E-state index in [0.717, 1.165) is 11.1 Å². The number of hydrogen-bond donors (Lipinski definition) is 1. The van der Waals surface area contributed by atoms with Crippen LogP contribution in [0.15, 0.2) is 70.0 Å². The number of azo groups is 1. The molecule has 0 atom stereocenters. The average Bonchev–Trinajstić information content (AvgIpc) is 3.14. The molecule has 0 saturated carbocycles. The van der Waals surface area contributed by atoms with Gasteiger partial charge in [0.2, 0.25) is 0 Å². The third-order valence-electron chi connectivity index (χ3n) is 4.34. The quantitative estimate of drug-likeness (QED) is 0.431. The maximum atomic E-state index is 12.4. The van der Waals surface area contributed by atoms with Gasteiger partial charge in [-0.3, -0.25) is 14.5 Å². The Morgan fingerprint density at radius 3 is 2.69 bits per heavy atom. The molecule has 0 unspecified atom stereocenters. The summed E-state index contributed by atoms with van der Waals surface area (Å²) in [4.78, 5) is 16.5. The molecule has 29 heavy (non-hydrogen) atoms. The molecule has 1 amide bonds. The zero-order valence-corrected chi connectivity index (χ0v) is 16.6. The first kappa shape index (κ1) is 19.9. The fourth-order valence-electron chi connectivity index (χ4n) is 2.86. The molecular formula is C22H22N6O. The van der Waals surface area contributed by atoms with Gasteiger partial charge < -0.3 is 5.32 Å². The normalized spacial score (nSPS) is 11.3. The van der Waals surface area contributed by atoms with Crippen LogP contribution in [0.4, 0.5) is 22.7 Å². The molecular weight excluding hydrogens is 364 g/mol. The van der Waals surface area contributed by atoms with Gasteiger partial charge >= 0.3 is 0 Å². The lowest BCUT2D eigenvalue weighted by atomic mass is 10.1. The summed E-state index contributed by atoms with van der Waals surface area (Å²) in [6.07, 6.45) is 5.47. The largest absolute Gasteiger partial charge is 0.320 e. The number of amides is 1. The minimum absolute atomic E-state index is 0.218. The van der Waals surface area contributed by atoms with Gasteiger partial charge in [0.05, 0.1) is 11.4 Å². The minimum Gasteiger partial charge on any atom is -0.320 e. The van der Waals surface area contributed by atoms with E-state index in [1.54, 1.807) is 31.4 Å². The number of nitrogens with zero attached hydrogens (tertiary/aromatic N) is 5. The molecule has 1 heterocycles. The van der Waals surface area contributed by atoms with Crippen molar-refractivity contribution in [3.63, 3.8) is 0 Å². The van der Waals surface area contributed by atoms with E-state index >= 15 is 0 Å². The van der Waals surface area contributed by atoms with Crippen molar-refractivity contribution in [3.05, 3.63) is 71.6 Å². The Balaban J connectivity index is 1.81. The smallest absolute Gasteiger partial charge is 0.273 e. The van der Waals surface area contributed by atoms with E-state index in [4.69, 9.17) is 0 Å². The number of rotatable bonds is 6. The Bertz CT molecular complexity index is 1110. The van der Waals surface area contributed by atoms with Crippen molar-refractivity contribution in [2.75, 3.05) is 5.32 Å². The van der Waals surface area contributed by atoms with E-state index in [1.165, 1.54) is 4.68 Å². The zero-order chi connectivity index (χ0) is 20.8. The van der Waals surface area contributed by atoms with Crippen molar-refractivity contribution in [2.24, 2.45) is 22.3 Å². The number of carbonyl (C=O) groups excluding carboxylic acids is 1. The van der Waals surface area contributed by atoms with Gasteiger partial charge in [-0.05, 0) is 56.5 Å². The molecule has 146 valence electrons. The molecule has 0 bridgehead atoms. The summed E-state index contributed by atoms with van der Waals surface area (Å²) in [7, 11) is 1.73. The van der Waals surface area contributed by atoms with Crippen molar-refractivity contribution in [1.82, 2.24) is 9.78 Å². The Morgan fingerprint density at radius 1 is 1.21 bits per heavy atom. The molecule has 0 fully saturated rings. The molecule has 3 aromatic rings. The highest BCUT2D eigenvalue weighted by atomic mass is 16.2. The van der Waals surface area contributed by atoms with Crippen LogP contribution in [0.5, 0.6) is 0 Å². The van der Waals surface area contributed by atoms with Crippen molar-refractivity contribution >= 4 is 41.5 Å². The fraction of sp³-hybridized carbons (Fsp3) is 0.136. The number of aromatic nitrogens is 2. The second-order valence-electron chi connectivity index (χ2n) is 6.37. The summed E-state index contributed by atoms with van der Waals surface area (Å²) in [5.74, 6) is -0.218. The summed E-state index contributed by atoms with van der Waals surface area (Å²) < 4.78 is 1.53. The van der Waals surface area contributed by atoms with Gasteiger partial charge in [-0.15, -0.1) is 5.11 Å². The number of aliphatic imine (C=N–C) groups is 1. The Hall–Kier alpha value is -3.87. The number of anilines is 1. The van der Waals surface area contributed by atoms with Crippen LogP contribution in [0.2, 0.25) is 0 Å². The van der Waals surface area contributed by atoms with E-state index in [0.29, 0.717) is 28.4 Å². The standard InChI is InChI=1S/C22H22N6O/c1-5-7-16-8-6-9-19(21(16)23-3)27-26-17-10-11-18(15(2)14-17)25-22(29)20-12-13-24-28(20)4/h5-14H,3H2,1-2,4H3,(H,25,29)/b7-5-,27-26?. The average molecular weight is 386 g/mol. The van der Waals surface area contributed by atoms with Crippen LogP contribution in [-0.4, -0.2) is 22.4 Å². The van der Waals surface area contributed by atoms with Crippen LogP contribution in [-0.2, 0) is 7.05 Å². The summed E-state index contributed by atoms with van der Waals surface area (Å²) >= 11 is 0. The maximum Gasteiger partial charge on any atom is 0.273 e. The van der Waals surface area contributed by atoms with Gasteiger partial charge in [0.15, 0.2) is 0 Å². The van der Waals surface area contributed by atoms with Gasteiger partial charge in [-0.25, -0.2) is 0 Å². The molecule has 1 N–H and O–H groups in total. The number of hydrogen-bond acceptors (Lipinski definition) is 5. The molecule has 0 saturated heterocycles. The zero-order valence-electron chi connectivity index (χ0n) is 16.6. The number of nitrogens with one attached hydrogen (secondary N) is 1. The molecule has 2 aromatic carbocycles. The van der Waals surface area contributed by atoms with Crippen molar-refractivity contribution in [2.45, 2.75) is 13.8 Å². The molecule has 7 heteroatoms. The van der Waals surface area contributed by atoms with Crippen LogP contribution in [0.25, 0.3) is 6.08 Å². The monoisotopic (exact) mass is 386 g/mol. The number of carbonyl (C=O) groups is 1. The van der Waals surface area contributed by atoms with Crippen molar-refractivity contribution < 1.29 is 4.79 Å². The Kier molecular flexibility index (Phi) is 6.09. The topological polar surface area (TPSA) is 84.0 Å². The summed E-state index contributed by atoms with van der Waals surface area (Å²) in [5, 5.41) is 15.6. The first-order valence-corrected chi connectivity index (χ1v) is 9.07. The second kappa shape index (κ2) is 8.88. The summed E-state index contributed by atoms with van der Waals surface area (Å²) in [6.45, 7) is 7.49. The fourth-order valence-corrected chi connectivity index (χ4v) is 2.86. The van der Waals surface area contributed by atoms with Gasteiger partial charge in [0.1, 0.15) is 11.4 Å². The first-order valence-electron chi connectivity index (χ1n) is 9.07. The highest BCUT2D eigenvalue weighted by Crippen LogP contribution is 2.34. The molecule has 0 aliphatic rings. The maximum absolute atomic E-state index is 12.4. The number of allylic oxidation sites excluding steroid dienone is 1. The molecule has 0 aliphatic carbocycles. The minimum atomic E-state index is -0.218. The number of aryl methyl sites for hydroxylation is 2. The SMILES string of the molecule is C=Nc1c(/C=C\C)cccc1N=Nc1ccc(NC(=O)c2ccnn2C)c(C)c1. The van der Waals surface area contributed by atoms with Crippen LogP contribution in [0.3, 0.4) is 0 Å². The number of para-hydroxylation sites is 1. The second-order valence-corrected chi connectivity index (χ2v) is 6.37. The van der Waals surface area contributed by atoms with Gasteiger partial charge in [-0.2, -0.15) is 10.2 Å². The molecule has 0 spiro atoms. The molecule has 0 aliphatic heterocycles. The lowest BCUT2D eigenvalue weighted by molar-refractivity contribution is 0.101. The van der Waals surface area contributed by atoms with E-state index < -0.39 is 0 Å². The van der Waals surface area contributed by atoms with Gasteiger partial charge in [0, 0.05) is 24.5 Å². The molecule has 7 nitrogen and oxygen atoms in total. The van der Waals surface area contributed by atoms with Gasteiger partial charge in [-0.1, -0.05) is 24.3 Å². The lowest BCUT2D eigenvalue weighted by Crippen LogP contribution is -2.16. The van der Waals surface area contributed by atoms with Crippen LogP contribution in [0, 0.1) is 6.92 Å². The third-order valence-corrected chi connectivity index (χ3v) is 4.34. The number of benzene rings is 2. The predicted molar refractivity (Wildman–Crippen MR) is 117 cm³/mol. The Morgan fingerprint density at radius 2 is 2.03 bits per heavy atom. The third kappa shape index (κ3) is 4.52. The molecule has 1 aromatic heterocycles. The van der Waals surface area contributed by atoms with E-state index in [9.17, 15) is 4.79 Å². The highest BCUT2D eigenvalue weighted by molar-refractivity contribution is 6.03. The van der Waals surface area contributed by atoms with Crippen LogP contribution in [0.1, 0.15) is 28.5 Å². The van der Waals surface area contributed by atoms with Gasteiger partial charge in [0.25, 0.3) is 5.91 Å². The van der Waals surface area contributed by atoms with E-state index in [-0.39, 0.29) is 5.91 Å². The van der Waals surface area contributed by atoms with Crippen molar-refractivity contribution in [3.8, 4) is 0 Å². The first-order chi connectivity index (χ1) is 14.0. The lowest BCUT2D eigenvalue weighted by Gasteiger charge is -2.09. The molecule has 0 radical (unpaired) electrons. The summed E-state index contributed by atoms with van der Waals surface area (Å²) in [5.41, 5.74) is 5.00. The molecule has 3 rings (SSSR count). The van der Waals surface area contributed by atoms with Crippen LogP contribution < -0.4 is 5.32 Å². The van der Waals surface area contributed by atoms with E-state index in [1.807, 2.05) is 50.3 Å². The van der Waals surface area contributed by atoms with Crippen molar-refractivity contribution in [1.29, 1.82) is 0 Å². The van der Waals surface area contributed by atoms with E-state index in [2.05, 4.69) is 32.4 Å². The van der Waals surface area contributed by atoms with Crippen LogP contribution >= 0.6 is 0 Å². The Labute approximate surface area is 169 Å². The predicted octanol–water partition coefficient (Wildman–Crippen LogP) is 5.76. The highest BCUT2D eigenvalue weighted by Gasteiger charge is 2.11.